The molecule has 2 amide bonds. The number of benzene rings is 2. The summed E-state index contributed by atoms with van der Waals surface area (Å²) in [7, 11) is 0. The topological polar surface area (TPSA) is 103 Å². The van der Waals surface area contributed by atoms with E-state index in [4.69, 9.17) is 9.47 Å². The molecule has 0 heterocycles. The number of ether oxygens (including phenoxy) is 2. The van der Waals surface area contributed by atoms with Gasteiger partial charge in [-0.05, 0) is 39.0 Å². The van der Waals surface area contributed by atoms with Crippen molar-refractivity contribution in [2.24, 2.45) is 0 Å². The number of nitrogens with zero attached hydrogens (tertiary/aromatic N) is 1. The van der Waals surface area contributed by atoms with E-state index >= 15 is 0 Å². The Kier molecular flexibility index (Phi) is 6.99. The number of carbonyl (C=O) groups excluding carboxylic acids is 1. The number of hydrogen-bond donors (Lipinski definition) is 2. The van der Waals surface area contributed by atoms with Crippen molar-refractivity contribution in [3.63, 3.8) is 0 Å². The Morgan fingerprint density at radius 3 is 2.30 bits per heavy atom. The largest absolute Gasteiger partial charge is 0.493 e. The fourth-order valence-electron chi connectivity index (χ4n) is 2.42. The SMILES string of the molecule is CCOc1cc([N+](=O)[O-])c(OCC)cc1CNC(=O)Nc1ccc(C)cc1. The first kappa shape index (κ1) is 20.0. The van der Waals surface area contributed by atoms with Crippen molar-refractivity contribution in [2.45, 2.75) is 27.3 Å². The van der Waals surface area contributed by atoms with Crippen molar-refractivity contribution in [3.05, 3.63) is 57.6 Å². The van der Waals surface area contributed by atoms with Gasteiger partial charge in [-0.15, -0.1) is 0 Å². The molecule has 0 saturated carbocycles. The highest BCUT2D eigenvalue weighted by atomic mass is 16.6. The van der Waals surface area contributed by atoms with Gasteiger partial charge in [-0.2, -0.15) is 0 Å². The minimum Gasteiger partial charge on any atom is -0.493 e. The van der Waals surface area contributed by atoms with Crippen molar-refractivity contribution in [1.29, 1.82) is 0 Å². The van der Waals surface area contributed by atoms with Gasteiger partial charge in [-0.25, -0.2) is 4.79 Å². The number of rotatable bonds is 8. The maximum atomic E-state index is 12.1. The highest BCUT2D eigenvalue weighted by molar-refractivity contribution is 5.89. The third-order valence-corrected chi connectivity index (χ3v) is 3.69. The van der Waals surface area contributed by atoms with Crippen LogP contribution in [-0.4, -0.2) is 24.2 Å². The van der Waals surface area contributed by atoms with Crippen molar-refractivity contribution in [1.82, 2.24) is 5.32 Å². The van der Waals surface area contributed by atoms with E-state index in [1.165, 1.54) is 12.1 Å². The Labute approximate surface area is 157 Å². The van der Waals surface area contributed by atoms with Gasteiger partial charge in [-0.3, -0.25) is 10.1 Å². The maximum absolute atomic E-state index is 12.1. The lowest BCUT2D eigenvalue weighted by atomic mass is 10.1. The fraction of sp³-hybridized carbons (Fsp3) is 0.316. The molecule has 0 bridgehead atoms. The van der Waals surface area contributed by atoms with E-state index in [9.17, 15) is 14.9 Å². The molecule has 0 fully saturated rings. The van der Waals surface area contributed by atoms with Crippen molar-refractivity contribution < 1.29 is 19.2 Å². The number of amides is 2. The van der Waals surface area contributed by atoms with Crippen LogP contribution in [0.2, 0.25) is 0 Å². The lowest BCUT2D eigenvalue weighted by Gasteiger charge is -2.14. The van der Waals surface area contributed by atoms with Crippen molar-refractivity contribution in [3.8, 4) is 11.5 Å². The van der Waals surface area contributed by atoms with E-state index in [1.54, 1.807) is 26.0 Å². The molecule has 144 valence electrons. The van der Waals surface area contributed by atoms with Crippen LogP contribution in [0.25, 0.3) is 0 Å². The zero-order chi connectivity index (χ0) is 19.8. The predicted octanol–water partition coefficient (Wildman–Crippen LogP) is 4.02. The van der Waals surface area contributed by atoms with E-state index in [-0.39, 0.29) is 24.6 Å². The zero-order valence-electron chi connectivity index (χ0n) is 15.6. The molecule has 2 N–H and O–H groups in total. The molecule has 0 saturated heterocycles. The Balaban J connectivity index is 2.15. The van der Waals surface area contributed by atoms with Crippen molar-refractivity contribution in [2.75, 3.05) is 18.5 Å². The molecule has 0 aliphatic heterocycles. The minimum atomic E-state index is -0.519. The monoisotopic (exact) mass is 373 g/mol. The third kappa shape index (κ3) is 5.60. The smallest absolute Gasteiger partial charge is 0.319 e. The molecule has 8 nitrogen and oxygen atoms in total. The number of urea groups is 1. The summed E-state index contributed by atoms with van der Waals surface area (Å²) in [5, 5.41) is 16.7. The first-order valence-corrected chi connectivity index (χ1v) is 8.63. The molecule has 27 heavy (non-hydrogen) atoms. The first-order chi connectivity index (χ1) is 12.9. The van der Waals surface area contributed by atoms with Crippen LogP contribution >= 0.6 is 0 Å². The van der Waals surface area contributed by atoms with Gasteiger partial charge < -0.3 is 20.1 Å². The van der Waals surface area contributed by atoms with Crippen LogP contribution in [0, 0.1) is 17.0 Å². The van der Waals surface area contributed by atoms with Gasteiger partial charge in [0.25, 0.3) is 0 Å². The van der Waals surface area contributed by atoms with E-state index in [2.05, 4.69) is 10.6 Å². The number of anilines is 1. The highest BCUT2D eigenvalue weighted by Crippen LogP contribution is 2.34. The van der Waals surface area contributed by atoms with Gasteiger partial charge in [-0.1, -0.05) is 17.7 Å². The number of aryl methyl sites for hydroxylation is 1. The van der Waals surface area contributed by atoms with Crippen molar-refractivity contribution >= 4 is 17.4 Å². The second kappa shape index (κ2) is 9.42. The summed E-state index contributed by atoms with van der Waals surface area (Å²) in [6.45, 7) is 6.24. The van der Waals surface area contributed by atoms with Crippen LogP contribution in [-0.2, 0) is 6.54 Å². The quantitative estimate of drug-likeness (QED) is 0.537. The second-order valence-electron chi connectivity index (χ2n) is 5.72. The predicted molar refractivity (Wildman–Crippen MR) is 102 cm³/mol. The summed E-state index contributed by atoms with van der Waals surface area (Å²) in [6.07, 6.45) is 0. The molecule has 0 atom stereocenters. The summed E-state index contributed by atoms with van der Waals surface area (Å²) in [5.74, 6) is 0.477. The van der Waals surface area contributed by atoms with Gasteiger partial charge >= 0.3 is 11.7 Å². The normalized spacial score (nSPS) is 10.2. The molecular formula is C19H23N3O5. The molecule has 2 aromatic rings. The lowest BCUT2D eigenvalue weighted by molar-refractivity contribution is -0.385. The van der Waals surface area contributed by atoms with Gasteiger partial charge in [0.1, 0.15) is 5.75 Å². The molecule has 2 rings (SSSR count). The number of carbonyl (C=O) groups is 1. The molecule has 8 heteroatoms. The minimum absolute atomic E-state index is 0.130. The Bertz CT molecular complexity index is 806. The first-order valence-electron chi connectivity index (χ1n) is 8.63. The molecule has 0 aliphatic carbocycles. The van der Waals surface area contributed by atoms with Gasteiger partial charge in [0, 0.05) is 17.8 Å². The standard InChI is InChI=1S/C19H23N3O5/c1-4-26-17-11-16(22(24)25)18(27-5-2)10-14(17)12-20-19(23)21-15-8-6-13(3)7-9-15/h6-11H,4-5,12H2,1-3H3,(H2,20,21,23). The van der Waals surface area contributed by atoms with E-state index in [0.717, 1.165) is 5.56 Å². The number of nitro benzene ring substituents is 1. The summed E-state index contributed by atoms with van der Waals surface area (Å²) in [5.41, 5.74) is 2.18. The van der Waals surface area contributed by atoms with Gasteiger partial charge in [0.15, 0.2) is 5.75 Å². The van der Waals surface area contributed by atoms with Crippen LogP contribution in [0.15, 0.2) is 36.4 Å². The highest BCUT2D eigenvalue weighted by Gasteiger charge is 2.20. The Morgan fingerprint density at radius 1 is 1.07 bits per heavy atom. The van der Waals surface area contributed by atoms with Crippen LogP contribution in [0.5, 0.6) is 11.5 Å². The molecule has 0 aromatic heterocycles. The molecule has 0 unspecified atom stereocenters. The average molecular weight is 373 g/mol. The summed E-state index contributed by atoms with van der Waals surface area (Å²) in [4.78, 5) is 22.9. The molecule has 0 spiro atoms. The summed E-state index contributed by atoms with van der Waals surface area (Å²) in [6, 6.07) is 9.86. The summed E-state index contributed by atoms with van der Waals surface area (Å²) >= 11 is 0. The van der Waals surface area contributed by atoms with Crippen LogP contribution < -0.4 is 20.1 Å². The number of hydrogen-bond acceptors (Lipinski definition) is 5. The number of nitrogens with one attached hydrogen (secondary N) is 2. The van der Waals surface area contributed by atoms with E-state index in [0.29, 0.717) is 23.6 Å². The summed E-state index contributed by atoms with van der Waals surface area (Å²) < 4.78 is 10.9. The van der Waals surface area contributed by atoms with E-state index in [1.807, 2.05) is 19.1 Å². The fourth-order valence-corrected chi connectivity index (χ4v) is 2.42. The van der Waals surface area contributed by atoms with E-state index < -0.39 is 11.0 Å². The van der Waals surface area contributed by atoms with Gasteiger partial charge in [0.05, 0.1) is 24.2 Å². The Morgan fingerprint density at radius 2 is 1.70 bits per heavy atom. The average Bonchev–Trinajstić information content (AvgIpc) is 2.63. The molecular weight excluding hydrogens is 350 g/mol. The zero-order valence-corrected chi connectivity index (χ0v) is 15.6. The molecule has 2 aromatic carbocycles. The third-order valence-electron chi connectivity index (χ3n) is 3.69. The second-order valence-corrected chi connectivity index (χ2v) is 5.72. The van der Waals surface area contributed by atoms with Crippen LogP contribution in [0.4, 0.5) is 16.2 Å². The molecule has 0 aliphatic rings. The Hall–Kier alpha value is -3.29. The maximum Gasteiger partial charge on any atom is 0.319 e. The lowest BCUT2D eigenvalue weighted by Crippen LogP contribution is -2.28. The number of nitro groups is 1. The van der Waals surface area contributed by atoms with Crippen LogP contribution in [0.3, 0.4) is 0 Å². The van der Waals surface area contributed by atoms with Crippen LogP contribution in [0.1, 0.15) is 25.0 Å². The molecule has 0 radical (unpaired) electrons. The van der Waals surface area contributed by atoms with Gasteiger partial charge in [0.2, 0.25) is 0 Å².